The highest BCUT2D eigenvalue weighted by molar-refractivity contribution is 7.99. The molecule has 1 saturated heterocycles. The van der Waals surface area contributed by atoms with Gasteiger partial charge >= 0.3 is 0 Å². The Balaban J connectivity index is 1.38. The van der Waals surface area contributed by atoms with Crippen molar-refractivity contribution in [1.82, 2.24) is 20.1 Å². The molecule has 2 fully saturated rings. The molecule has 2 aromatic rings. The number of rotatable bonds is 4. The first-order valence-electron chi connectivity index (χ1n) is 8.72. The number of thioether (sulfide) groups is 1. The largest absolute Gasteiger partial charge is 0.338 e. The van der Waals surface area contributed by atoms with Crippen molar-refractivity contribution in [2.45, 2.75) is 51.2 Å². The van der Waals surface area contributed by atoms with Crippen molar-refractivity contribution >= 4 is 29.0 Å². The predicted molar refractivity (Wildman–Crippen MR) is 102 cm³/mol. The summed E-state index contributed by atoms with van der Waals surface area (Å²) >= 11 is 3.05. The first kappa shape index (κ1) is 17.1. The lowest BCUT2D eigenvalue weighted by molar-refractivity contribution is -0.129. The Morgan fingerprint density at radius 2 is 2.28 bits per heavy atom. The molecule has 0 radical (unpaired) electrons. The van der Waals surface area contributed by atoms with Crippen molar-refractivity contribution in [2.24, 2.45) is 10.8 Å². The number of aromatic amines is 1. The van der Waals surface area contributed by atoms with Crippen LogP contribution in [0.5, 0.6) is 0 Å². The molecule has 1 aliphatic heterocycles. The van der Waals surface area contributed by atoms with E-state index in [1.54, 1.807) is 11.3 Å². The summed E-state index contributed by atoms with van der Waals surface area (Å²) in [4.78, 5) is 20.5. The highest BCUT2D eigenvalue weighted by atomic mass is 32.2. The van der Waals surface area contributed by atoms with Crippen molar-refractivity contribution in [3.05, 3.63) is 17.5 Å². The number of hydrogen-bond donors (Lipinski definition) is 1. The maximum atomic E-state index is 12.8. The summed E-state index contributed by atoms with van der Waals surface area (Å²) in [5, 5.41) is 9.86. The van der Waals surface area contributed by atoms with E-state index < -0.39 is 0 Å². The monoisotopic (exact) mass is 376 g/mol. The van der Waals surface area contributed by atoms with Crippen molar-refractivity contribution in [3.63, 3.8) is 0 Å². The van der Waals surface area contributed by atoms with Gasteiger partial charge in [-0.2, -0.15) is 0 Å². The van der Waals surface area contributed by atoms with Gasteiger partial charge in [0.15, 0.2) is 5.82 Å². The minimum absolute atomic E-state index is 0.221. The number of amides is 1. The standard InChI is InChI=1S/C18H24N4OS2/c1-17(2)7-12-8-18(3,10-17)11-22(12)14(23)9-25-16-19-15(20-21-16)13-5-4-6-24-13/h4-6,12H,7-11H2,1-3H3,(H,19,20,21)/t12-,18+/m0/s1. The maximum Gasteiger partial charge on any atom is 0.233 e. The number of fused-ring (bicyclic) bond motifs is 2. The zero-order valence-electron chi connectivity index (χ0n) is 14.9. The highest BCUT2D eigenvalue weighted by Crippen LogP contribution is 2.52. The van der Waals surface area contributed by atoms with Gasteiger partial charge in [-0.15, -0.1) is 16.4 Å². The average Bonchev–Trinajstić information content (AvgIpc) is 3.22. The Bertz CT molecular complexity index is 770. The molecule has 0 aromatic carbocycles. The molecule has 2 aliphatic rings. The van der Waals surface area contributed by atoms with Gasteiger partial charge in [-0.1, -0.05) is 38.6 Å². The summed E-state index contributed by atoms with van der Waals surface area (Å²) in [7, 11) is 0. The van der Waals surface area contributed by atoms with Gasteiger partial charge in [0.25, 0.3) is 0 Å². The van der Waals surface area contributed by atoms with E-state index in [1.807, 2.05) is 17.5 Å². The Kier molecular flexibility index (Phi) is 4.19. The van der Waals surface area contributed by atoms with E-state index >= 15 is 0 Å². The number of nitrogens with one attached hydrogen (secondary N) is 1. The van der Waals surface area contributed by atoms with Crippen LogP contribution in [0, 0.1) is 10.8 Å². The molecule has 2 bridgehead atoms. The van der Waals surface area contributed by atoms with E-state index in [4.69, 9.17) is 0 Å². The first-order chi connectivity index (χ1) is 11.8. The molecule has 0 spiro atoms. The van der Waals surface area contributed by atoms with Crippen LogP contribution in [0.25, 0.3) is 10.7 Å². The molecule has 0 unspecified atom stereocenters. The Labute approximate surface area is 156 Å². The third-order valence-corrected chi connectivity index (χ3v) is 6.99. The van der Waals surface area contributed by atoms with Gasteiger partial charge in [0.2, 0.25) is 11.1 Å². The van der Waals surface area contributed by atoms with Crippen LogP contribution in [0.1, 0.15) is 40.0 Å². The van der Waals surface area contributed by atoms with Gasteiger partial charge in [-0.3, -0.25) is 9.89 Å². The molecule has 25 heavy (non-hydrogen) atoms. The predicted octanol–water partition coefficient (Wildman–Crippen LogP) is 4.05. The topological polar surface area (TPSA) is 61.9 Å². The number of thiophene rings is 1. The van der Waals surface area contributed by atoms with Gasteiger partial charge in [0.1, 0.15) is 0 Å². The average molecular weight is 377 g/mol. The molecule has 4 rings (SSSR count). The van der Waals surface area contributed by atoms with E-state index in [0.717, 1.165) is 30.1 Å². The minimum Gasteiger partial charge on any atom is -0.338 e. The molecule has 5 nitrogen and oxygen atoms in total. The number of likely N-dealkylation sites (tertiary alicyclic amines) is 1. The van der Waals surface area contributed by atoms with Gasteiger partial charge < -0.3 is 4.90 Å². The summed E-state index contributed by atoms with van der Waals surface area (Å²) in [5.41, 5.74) is 0.614. The van der Waals surface area contributed by atoms with E-state index in [-0.39, 0.29) is 11.3 Å². The molecule has 1 aliphatic carbocycles. The summed E-state index contributed by atoms with van der Waals surface area (Å²) < 4.78 is 0. The van der Waals surface area contributed by atoms with Crippen LogP contribution in [-0.4, -0.2) is 44.3 Å². The smallest absolute Gasteiger partial charge is 0.233 e. The maximum absolute atomic E-state index is 12.8. The summed E-state index contributed by atoms with van der Waals surface area (Å²) in [5.74, 6) is 1.41. The third kappa shape index (κ3) is 3.49. The molecule has 134 valence electrons. The van der Waals surface area contributed by atoms with Crippen LogP contribution in [-0.2, 0) is 4.79 Å². The zero-order chi connectivity index (χ0) is 17.7. The Morgan fingerprint density at radius 1 is 1.44 bits per heavy atom. The van der Waals surface area contributed by atoms with E-state index in [2.05, 4.69) is 40.9 Å². The van der Waals surface area contributed by atoms with Crippen molar-refractivity contribution in [2.75, 3.05) is 12.3 Å². The number of H-pyrrole nitrogens is 1. The van der Waals surface area contributed by atoms with Crippen LogP contribution >= 0.6 is 23.1 Å². The summed E-state index contributed by atoms with van der Waals surface area (Å²) in [6.45, 7) is 7.90. The number of carbonyl (C=O) groups is 1. The van der Waals surface area contributed by atoms with Crippen molar-refractivity contribution in [1.29, 1.82) is 0 Å². The highest BCUT2D eigenvalue weighted by Gasteiger charge is 2.50. The van der Waals surface area contributed by atoms with Gasteiger partial charge in [-0.25, -0.2) is 4.98 Å². The summed E-state index contributed by atoms with van der Waals surface area (Å²) in [6, 6.07) is 4.40. The van der Waals surface area contributed by atoms with E-state index in [9.17, 15) is 4.79 Å². The third-order valence-electron chi connectivity index (χ3n) is 5.28. The molecule has 2 aromatic heterocycles. The Hall–Kier alpha value is -1.34. The normalized spacial score (nSPS) is 27.6. The Morgan fingerprint density at radius 3 is 3.04 bits per heavy atom. The number of aromatic nitrogens is 3. The van der Waals surface area contributed by atoms with Crippen molar-refractivity contribution < 1.29 is 4.79 Å². The number of carbonyl (C=O) groups excluding carboxylic acids is 1. The second-order valence-electron chi connectivity index (χ2n) is 8.47. The SMILES string of the molecule is CC1(C)C[C@H]2C[C@@](C)(CN2C(=O)CSc2n[nH]c(-c3cccs3)n2)C1. The van der Waals surface area contributed by atoms with Gasteiger partial charge in [0.05, 0.1) is 10.6 Å². The quantitative estimate of drug-likeness (QED) is 0.818. The van der Waals surface area contributed by atoms with Crippen molar-refractivity contribution in [3.8, 4) is 10.7 Å². The van der Waals surface area contributed by atoms with E-state index in [0.29, 0.717) is 22.4 Å². The fourth-order valence-corrected chi connectivity index (χ4v) is 6.14. The number of hydrogen-bond acceptors (Lipinski definition) is 5. The number of nitrogens with zero attached hydrogens (tertiary/aromatic N) is 3. The molecule has 3 heterocycles. The molecular weight excluding hydrogens is 352 g/mol. The van der Waals surface area contributed by atoms with Crippen LogP contribution in [0.4, 0.5) is 0 Å². The first-order valence-corrected chi connectivity index (χ1v) is 10.6. The minimum atomic E-state index is 0.221. The molecular formula is C18H24N4OS2. The lowest BCUT2D eigenvalue weighted by Gasteiger charge is -2.39. The summed E-state index contributed by atoms with van der Waals surface area (Å²) in [6.07, 6.45) is 3.47. The van der Waals surface area contributed by atoms with Crippen LogP contribution in [0.15, 0.2) is 22.7 Å². The van der Waals surface area contributed by atoms with Crippen LogP contribution in [0.3, 0.4) is 0 Å². The van der Waals surface area contributed by atoms with Crippen LogP contribution < -0.4 is 0 Å². The lowest BCUT2D eigenvalue weighted by atomic mass is 9.65. The fraction of sp³-hybridized carbons (Fsp3) is 0.611. The fourth-order valence-electron chi connectivity index (χ4n) is 4.80. The van der Waals surface area contributed by atoms with Gasteiger partial charge in [0, 0.05) is 12.6 Å². The second-order valence-corrected chi connectivity index (χ2v) is 10.4. The molecule has 7 heteroatoms. The lowest BCUT2D eigenvalue weighted by Crippen LogP contribution is -2.38. The molecule has 1 N–H and O–H groups in total. The van der Waals surface area contributed by atoms with Crippen LogP contribution in [0.2, 0.25) is 0 Å². The zero-order valence-corrected chi connectivity index (χ0v) is 16.5. The van der Waals surface area contributed by atoms with E-state index in [1.165, 1.54) is 18.2 Å². The molecule has 1 amide bonds. The second kappa shape index (κ2) is 6.13. The van der Waals surface area contributed by atoms with Gasteiger partial charge in [-0.05, 0) is 41.5 Å². The molecule has 2 atom stereocenters. The molecule has 1 saturated carbocycles.